The molecule has 30 nitrogen and oxygen atoms in total. The zero-order chi connectivity index (χ0) is 54.4. The van der Waals surface area contributed by atoms with E-state index in [0.717, 1.165) is 19.3 Å². The minimum atomic E-state index is -0.766. The maximum absolute atomic E-state index is 12.8. The van der Waals surface area contributed by atoms with Crippen molar-refractivity contribution in [3.8, 4) is 17.8 Å². The van der Waals surface area contributed by atoms with Crippen molar-refractivity contribution in [1.82, 2.24) is 73.6 Å². The normalized spacial score (nSPS) is 11.9. The van der Waals surface area contributed by atoms with E-state index in [1.165, 1.54) is 42.3 Å². The standard InChI is InChI=1S/C45H60N24O6/c1-12-15-18-25-32(52-55-38-31(28(71)21-70)24(6)64(7)63-38)35(46)67(60-25)43-49-44(68-36(47)33(26(61-68)19-16-13-2)53-56-39-29(41(72)74-10)22(4)58-65(39)8)51-45(50-43)69-37(48)34(27(62-69)20-17-14-3)54-57-40-30(42(73)75-11)23(5)59-66(40)9/h70H,12-21,46-48H2,1-11H3. The Kier molecular flexibility index (Phi) is 16.4. The summed E-state index contributed by atoms with van der Waals surface area (Å²) in [4.78, 5) is 52.9. The van der Waals surface area contributed by atoms with E-state index >= 15 is 0 Å². The molecule has 7 N–H and O–H groups in total. The van der Waals surface area contributed by atoms with Gasteiger partial charge in [-0.2, -0.15) is 59.6 Å². The SMILES string of the molecule is CCCCc1nn(-c2nc(-n3nc(CCCC)c(N=Nc4c(C(=O)OC)c(C)nn4C)c3N)nc(-n3nc(CCCC)c(N=Nc4c(C(=O)OC)c(C)nn4C)c3N)n2)c(N)c1N=Nc1nn(C)c(C)c1C(=O)CO. The third kappa shape index (κ3) is 10.6. The highest BCUT2D eigenvalue weighted by atomic mass is 16.5. The van der Waals surface area contributed by atoms with Crippen LogP contribution in [0.3, 0.4) is 0 Å². The fraction of sp³-hybridized carbons (Fsp3) is 0.467. The van der Waals surface area contributed by atoms with Crippen LogP contribution in [0.25, 0.3) is 17.8 Å². The number of aliphatic hydroxyl groups excluding tert-OH is 1. The fourth-order valence-electron chi connectivity index (χ4n) is 7.92. The quantitative estimate of drug-likeness (QED) is 0.0327. The molecule has 0 unspecified atom stereocenters. The molecule has 7 aromatic heterocycles. The van der Waals surface area contributed by atoms with Crippen molar-refractivity contribution in [1.29, 1.82) is 0 Å². The maximum atomic E-state index is 12.8. The number of nitrogens with zero attached hydrogens (tertiary/aromatic N) is 21. The van der Waals surface area contributed by atoms with Crippen LogP contribution in [0.2, 0.25) is 0 Å². The molecule has 0 saturated carbocycles. The van der Waals surface area contributed by atoms with Crippen LogP contribution in [0.5, 0.6) is 0 Å². The van der Waals surface area contributed by atoms with Crippen LogP contribution < -0.4 is 17.2 Å². The number of ether oxygens (including phenoxy) is 2. The lowest BCUT2D eigenvalue weighted by molar-refractivity contribution is 0.0591. The van der Waals surface area contributed by atoms with E-state index in [2.05, 4.69) is 46.0 Å². The lowest BCUT2D eigenvalue weighted by atomic mass is 10.1. The number of azo groups is 3. The van der Waals surface area contributed by atoms with Crippen molar-refractivity contribution in [3.05, 3.63) is 50.9 Å². The van der Waals surface area contributed by atoms with Crippen LogP contribution >= 0.6 is 0 Å². The fourth-order valence-corrected chi connectivity index (χ4v) is 7.92. The van der Waals surface area contributed by atoms with Gasteiger partial charge in [0, 0.05) is 26.8 Å². The Morgan fingerprint density at radius 3 is 1.21 bits per heavy atom. The first-order chi connectivity index (χ1) is 35.9. The molecule has 0 aromatic carbocycles. The van der Waals surface area contributed by atoms with Gasteiger partial charge in [0.05, 0.1) is 48.3 Å². The van der Waals surface area contributed by atoms with Gasteiger partial charge in [0.25, 0.3) is 17.8 Å². The number of anilines is 3. The predicted molar refractivity (Wildman–Crippen MR) is 271 cm³/mol. The largest absolute Gasteiger partial charge is 0.465 e. The Balaban J connectivity index is 1.47. The number of carbonyl (C=O) groups excluding carboxylic acids is 3. The molecule has 7 heterocycles. The summed E-state index contributed by atoms with van der Waals surface area (Å²) in [6, 6.07) is 0. The lowest BCUT2D eigenvalue weighted by Crippen LogP contribution is -2.17. The summed E-state index contributed by atoms with van der Waals surface area (Å²) in [7, 11) is 7.38. The number of nitrogen functional groups attached to an aromatic ring is 3. The Bertz CT molecular complexity index is 3230. The van der Waals surface area contributed by atoms with E-state index in [-0.39, 0.29) is 86.5 Å². The van der Waals surface area contributed by atoms with Gasteiger partial charge in [-0.15, -0.1) is 30.7 Å². The summed E-state index contributed by atoms with van der Waals surface area (Å²) < 4.78 is 18.0. The second kappa shape index (κ2) is 22.9. The van der Waals surface area contributed by atoms with E-state index in [0.29, 0.717) is 72.7 Å². The first-order valence-corrected chi connectivity index (χ1v) is 24.0. The summed E-state index contributed by atoms with van der Waals surface area (Å²) in [5, 5.41) is 64.1. The zero-order valence-corrected chi connectivity index (χ0v) is 43.7. The highest BCUT2D eigenvalue weighted by molar-refractivity contribution is 6.01. The summed E-state index contributed by atoms with van der Waals surface area (Å²) in [5.74, 6) is -2.33. The van der Waals surface area contributed by atoms with Crippen molar-refractivity contribution in [2.75, 3.05) is 38.0 Å². The number of aromatic nitrogens is 15. The number of rotatable bonds is 22. The number of Topliss-reactive ketones (excluding diaryl/α,β-unsaturated/α-hetero) is 1. The molecular weight excluding hydrogens is 973 g/mol. The van der Waals surface area contributed by atoms with Crippen molar-refractivity contribution in [3.63, 3.8) is 0 Å². The first-order valence-electron chi connectivity index (χ1n) is 24.0. The Labute approximate surface area is 429 Å². The zero-order valence-electron chi connectivity index (χ0n) is 43.7. The van der Waals surface area contributed by atoms with Gasteiger partial charge in [-0.1, -0.05) is 40.0 Å². The van der Waals surface area contributed by atoms with Crippen LogP contribution in [-0.2, 0) is 49.9 Å². The Hall–Kier alpha value is -8.96. The Morgan fingerprint density at radius 1 is 0.520 bits per heavy atom. The van der Waals surface area contributed by atoms with E-state index < -0.39 is 24.3 Å². The van der Waals surface area contributed by atoms with E-state index in [1.54, 1.807) is 41.9 Å². The van der Waals surface area contributed by atoms with E-state index in [9.17, 15) is 19.5 Å². The molecule has 0 amide bonds. The summed E-state index contributed by atoms with van der Waals surface area (Å²) in [6.07, 6.45) is 5.59. The van der Waals surface area contributed by atoms with Gasteiger partial charge >= 0.3 is 11.9 Å². The van der Waals surface area contributed by atoms with Gasteiger partial charge in [0.15, 0.2) is 51.9 Å². The van der Waals surface area contributed by atoms with Crippen molar-refractivity contribution in [2.45, 2.75) is 99.3 Å². The minimum Gasteiger partial charge on any atom is -0.465 e. The molecule has 396 valence electrons. The van der Waals surface area contributed by atoms with Gasteiger partial charge in [0.2, 0.25) is 5.82 Å². The molecule has 0 bridgehead atoms. The maximum Gasteiger partial charge on any atom is 0.343 e. The number of methoxy groups -OCH3 is 2. The van der Waals surface area contributed by atoms with Gasteiger partial charge in [-0.3, -0.25) is 9.48 Å². The van der Waals surface area contributed by atoms with E-state index in [4.69, 9.17) is 56.9 Å². The molecule has 7 rings (SSSR count). The second-order valence-electron chi connectivity index (χ2n) is 17.2. The highest BCUT2D eigenvalue weighted by Crippen LogP contribution is 2.37. The first kappa shape index (κ1) is 53.8. The lowest BCUT2D eigenvalue weighted by Gasteiger charge is -2.10. The number of aryl methyl sites for hydroxylation is 8. The molecule has 75 heavy (non-hydrogen) atoms. The summed E-state index contributed by atoms with van der Waals surface area (Å²) >= 11 is 0. The number of ketones is 1. The van der Waals surface area contributed by atoms with Crippen molar-refractivity contribution in [2.24, 2.45) is 51.8 Å². The average Bonchev–Trinajstić information content (AvgIpc) is 4.20. The van der Waals surface area contributed by atoms with Gasteiger partial charge in [0.1, 0.15) is 17.7 Å². The number of carbonyl (C=O) groups is 3. The molecular formula is C45H60N24O6. The number of esters is 2. The third-order valence-electron chi connectivity index (χ3n) is 12.0. The van der Waals surface area contributed by atoms with Gasteiger partial charge in [-0.05, 0) is 59.3 Å². The van der Waals surface area contributed by atoms with E-state index in [1.807, 2.05) is 20.8 Å². The predicted octanol–water partition coefficient (Wildman–Crippen LogP) is 6.32. The smallest absolute Gasteiger partial charge is 0.343 e. The molecule has 0 aliphatic heterocycles. The summed E-state index contributed by atoms with van der Waals surface area (Å²) in [5.41, 5.74) is 24.1. The highest BCUT2D eigenvalue weighted by Gasteiger charge is 2.29. The van der Waals surface area contributed by atoms with Crippen LogP contribution in [0, 0.1) is 20.8 Å². The van der Waals surface area contributed by atoms with Crippen LogP contribution in [0.15, 0.2) is 30.7 Å². The Morgan fingerprint density at radius 2 is 0.880 bits per heavy atom. The third-order valence-corrected chi connectivity index (χ3v) is 12.0. The number of unbranched alkanes of at least 4 members (excludes halogenated alkanes) is 3. The van der Waals surface area contributed by atoms with Crippen LogP contribution in [0.1, 0.15) is 125 Å². The molecule has 0 radical (unpaired) electrons. The number of nitrogens with two attached hydrogens (primary N) is 3. The molecule has 0 saturated heterocycles. The number of hydrogen-bond acceptors (Lipinski definition) is 24. The van der Waals surface area contributed by atoms with Gasteiger partial charge < -0.3 is 31.8 Å². The van der Waals surface area contributed by atoms with Gasteiger partial charge in [-0.25, -0.2) is 19.0 Å². The summed E-state index contributed by atoms with van der Waals surface area (Å²) in [6.45, 7) is 10.2. The van der Waals surface area contributed by atoms with Crippen LogP contribution in [-0.4, -0.2) is 117 Å². The molecule has 7 aromatic rings. The van der Waals surface area contributed by atoms with Crippen molar-refractivity contribution < 1.29 is 29.0 Å². The average molecular weight is 1030 g/mol. The molecule has 0 aliphatic rings. The minimum absolute atomic E-state index is 0.0329. The molecule has 0 aliphatic carbocycles. The molecule has 0 spiro atoms. The topological polar surface area (TPSA) is 388 Å². The molecule has 0 atom stereocenters. The van der Waals surface area contributed by atoms with Crippen molar-refractivity contribution >= 4 is 69.7 Å². The molecule has 30 heteroatoms. The number of aliphatic hydroxyl groups is 1. The number of hydrogen-bond donors (Lipinski definition) is 4. The second-order valence-corrected chi connectivity index (χ2v) is 17.2. The van der Waals surface area contributed by atoms with Crippen LogP contribution in [0.4, 0.5) is 52.0 Å². The monoisotopic (exact) mass is 1030 g/mol. The molecule has 0 fully saturated rings.